The lowest BCUT2D eigenvalue weighted by atomic mass is 10.1. The van der Waals surface area contributed by atoms with Crippen molar-refractivity contribution in [3.05, 3.63) is 77.7 Å². The van der Waals surface area contributed by atoms with Gasteiger partial charge < -0.3 is 24.0 Å². The second kappa shape index (κ2) is 6.95. The highest BCUT2D eigenvalue weighted by Gasteiger charge is 2.14. The minimum absolute atomic E-state index is 0. The zero-order valence-corrected chi connectivity index (χ0v) is 14.2. The summed E-state index contributed by atoms with van der Waals surface area (Å²) in [4.78, 5) is 2.65. The summed E-state index contributed by atoms with van der Waals surface area (Å²) >= 11 is 1.84. The van der Waals surface area contributed by atoms with E-state index in [1.165, 1.54) is 26.4 Å². The Kier molecular flexibility index (Phi) is 5.26. The molecule has 0 aliphatic rings. The minimum Gasteiger partial charge on any atom is -1.00 e. The summed E-state index contributed by atoms with van der Waals surface area (Å²) < 4.78 is 0. The van der Waals surface area contributed by atoms with Crippen LogP contribution in [0.4, 0.5) is 0 Å². The van der Waals surface area contributed by atoms with Crippen molar-refractivity contribution in [3.63, 3.8) is 0 Å². The molecule has 0 fully saturated rings. The zero-order valence-electron chi connectivity index (χ0n) is 11.2. The largest absolute Gasteiger partial charge is 1.00 e. The van der Waals surface area contributed by atoms with Gasteiger partial charge in [-0.05, 0) is 23.3 Å². The number of hydrogen-bond donors (Lipinski definition) is 0. The van der Waals surface area contributed by atoms with E-state index in [1.807, 2.05) is 11.3 Å². The lowest BCUT2D eigenvalue weighted by molar-refractivity contribution is -0.00000365. The van der Waals surface area contributed by atoms with Crippen molar-refractivity contribution < 1.29 is 24.0 Å². The van der Waals surface area contributed by atoms with E-state index in [0.717, 1.165) is 0 Å². The molecule has 2 heteroatoms. The van der Waals surface area contributed by atoms with Crippen molar-refractivity contribution in [3.8, 4) is 21.6 Å². The van der Waals surface area contributed by atoms with E-state index in [9.17, 15) is 0 Å². The molecule has 1 aromatic heterocycles. The van der Waals surface area contributed by atoms with Gasteiger partial charge >= 0.3 is 0 Å². The fourth-order valence-electron chi connectivity index (χ4n) is 2.18. The molecule has 0 atom stereocenters. The van der Waals surface area contributed by atoms with Crippen LogP contribution in [0.3, 0.4) is 0 Å². The summed E-state index contributed by atoms with van der Waals surface area (Å²) in [5.74, 6) is 0. The van der Waals surface area contributed by atoms with Gasteiger partial charge in [-0.2, -0.15) is 0 Å². The first-order valence-electron chi connectivity index (χ1n) is 6.38. The molecule has 0 saturated heterocycles. The molecule has 0 amide bonds. The summed E-state index contributed by atoms with van der Waals surface area (Å²) in [6.45, 7) is 2.17. The monoisotopic (exact) mass is 390 g/mol. The highest BCUT2D eigenvalue weighted by molar-refractivity contribution is 7.15. The quantitative estimate of drug-likeness (QED) is 0.466. The van der Waals surface area contributed by atoms with Crippen LogP contribution in [-0.2, 0) is 0 Å². The molecule has 0 spiro atoms. The smallest absolute Gasteiger partial charge is 0.238 e. The van der Waals surface area contributed by atoms with Gasteiger partial charge in [-0.1, -0.05) is 48.5 Å². The second-order valence-corrected chi connectivity index (χ2v) is 5.84. The zero-order chi connectivity index (χ0) is 13.1. The molecule has 0 aliphatic carbocycles. The van der Waals surface area contributed by atoms with E-state index in [4.69, 9.17) is 0 Å². The van der Waals surface area contributed by atoms with Crippen molar-refractivity contribution >= 4 is 11.3 Å². The van der Waals surface area contributed by atoms with E-state index < -0.39 is 0 Å². The van der Waals surface area contributed by atoms with Crippen LogP contribution in [0.15, 0.2) is 72.8 Å². The van der Waals surface area contributed by atoms with Gasteiger partial charge in [-0.25, -0.2) is 0 Å². The second-order valence-electron chi connectivity index (χ2n) is 4.55. The Hall–Kier alpha value is -1.26. The third-order valence-corrected chi connectivity index (χ3v) is 4.10. The van der Waals surface area contributed by atoms with Crippen molar-refractivity contribution in [1.82, 2.24) is 0 Å². The normalized spacial score (nSPS) is 9.85. The molecule has 20 heavy (non-hydrogen) atoms. The Balaban J connectivity index is 0.00000147. The number of rotatable bonds is 2. The van der Waals surface area contributed by atoms with Gasteiger partial charge in [0, 0.05) is 24.6 Å². The van der Waals surface area contributed by atoms with Gasteiger partial charge in [0.2, 0.25) is 21.1 Å². The highest BCUT2D eigenvalue weighted by Crippen LogP contribution is 2.31. The van der Waals surface area contributed by atoms with E-state index in [-0.39, 0.29) is 24.0 Å². The average Bonchev–Trinajstić information content (AvgIpc) is 2.48. The highest BCUT2D eigenvalue weighted by atomic mass is 127. The first kappa shape index (κ1) is 15.1. The number of hydrogen-bond acceptors (Lipinski definition) is 0. The molecule has 1 heterocycles. The molecule has 3 aromatic rings. The summed E-state index contributed by atoms with van der Waals surface area (Å²) in [7, 11) is 0. The SMILES string of the molecule is Cc1cc(-c2ccccc2)cc(-c2ccccc2)[s+]1.[I-]. The maximum absolute atomic E-state index is 2.28. The Labute approximate surface area is 141 Å². The van der Waals surface area contributed by atoms with Gasteiger partial charge in [0.25, 0.3) is 0 Å². The molecule has 100 valence electrons. The molecule has 0 nitrogen and oxygen atoms in total. The van der Waals surface area contributed by atoms with Crippen molar-refractivity contribution in [1.29, 1.82) is 0 Å². The van der Waals surface area contributed by atoms with Crippen LogP contribution in [0.25, 0.3) is 21.6 Å². The van der Waals surface area contributed by atoms with Crippen LogP contribution in [0, 0.1) is 6.92 Å². The molecular weight excluding hydrogens is 375 g/mol. The predicted octanol–water partition coefficient (Wildman–Crippen LogP) is 2.68. The minimum atomic E-state index is 0. The molecule has 0 saturated carbocycles. The predicted molar refractivity (Wildman–Crippen MR) is 84.3 cm³/mol. The first-order chi connectivity index (χ1) is 9.33. The van der Waals surface area contributed by atoms with Crippen LogP contribution in [0.1, 0.15) is 4.88 Å². The van der Waals surface area contributed by atoms with Crippen LogP contribution in [0.2, 0.25) is 0 Å². The third-order valence-electron chi connectivity index (χ3n) is 3.08. The maximum atomic E-state index is 2.28. The van der Waals surface area contributed by atoms with Gasteiger partial charge in [0.05, 0.1) is 0 Å². The van der Waals surface area contributed by atoms with Crippen LogP contribution < -0.4 is 24.0 Å². The molecule has 0 aliphatic heterocycles. The lowest BCUT2D eigenvalue weighted by Gasteiger charge is -2.00. The summed E-state index contributed by atoms with van der Waals surface area (Å²) in [6.07, 6.45) is 0. The third kappa shape index (κ3) is 3.44. The summed E-state index contributed by atoms with van der Waals surface area (Å²) in [5, 5.41) is 0. The van der Waals surface area contributed by atoms with Gasteiger partial charge in [0.15, 0.2) is 0 Å². The maximum Gasteiger partial charge on any atom is 0.238 e. The number of aryl methyl sites for hydroxylation is 1. The van der Waals surface area contributed by atoms with Crippen molar-refractivity contribution in [2.75, 3.05) is 0 Å². The topological polar surface area (TPSA) is 0 Å². The van der Waals surface area contributed by atoms with Crippen LogP contribution in [-0.4, -0.2) is 0 Å². The summed E-state index contributed by atoms with van der Waals surface area (Å²) in [5.41, 5.74) is 3.85. The van der Waals surface area contributed by atoms with Crippen molar-refractivity contribution in [2.45, 2.75) is 6.92 Å². The molecule has 0 radical (unpaired) electrons. The number of benzene rings is 2. The molecule has 0 bridgehead atoms. The molecule has 2 aromatic carbocycles. The fraction of sp³-hybridized carbons (Fsp3) is 0.0556. The molecular formula is C18H15IS. The van der Waals surface area contributed by atoms with Crippen molar-refractivity contribution in [2.24, 2.45) is 0 Å². The Morgan fingerprint density at radius 3 is 1.80 bits per heavy atom. The van der Waals surface area contributed by atoms with E-state index >= 15 is 0 Å². The first-order valence-corrected chi connectivity index (χ1v) is 7.20. The summed E-state index contributed by atoms with van der Waals surface area (Å²) in [6, 6.07) is 25.7. The van der Waals surface area contributed by atoms with E-state index in [2.05, 4.69) is 79.7 Å². The average molecular weight is 390 g/mol. The molecule has 0 unspecified atom stereocenters. The van der Waals surface area contributed by atoms with Gasteiger partial charge in [0.1, 0.15) is 0 Å². The Morgan fingerprint density at radius 1 is 0.650 bits per heavy atom. The van der Waals surface area contributed by atoms with Gasteiger partial charge in [-0.3, -0.25) is 0 Å². The van der Waals surface area contributed by atoms with Crippen LogP contribution >= 0.6 is 11.3 Å². The van der Waals surface area contributed by atoms with E-state index in [1.54, 1.807) is 0 Å². The Bertz CT molecular complexity index is 621. The van der Waals surface area contributed by atoms with E-state index in [0.29, 0.717) is 0 Å². The fourth-order valence-corrected chi connectivity index (χ4v) is 3.15. The lowest BCUT2D eigenvalue weighted by Crippen LogP contribution is -3.00. The van der Waals surface area contributed by atoms with Gasteiger partial charge in [-0.15, -0.1) is 0 Å². The molecule has 3 rings (SSSR count). The standard InChI is InChI=1S/C18H15S.HI/c1-14-12-17(15-8-4-2-5-9-15)13-18(19-14)16-10-6-3-7-11-16;/h2-13H,1H3;1H/q+1;/p-1. The van der Waals surface area contributed by atoms with Crippen LogP contribution in [0.5, 0.6) is 0 Å². The number of halogens is 1. The Morgan fingerprint density at radius 2 is 1.20 bits per heavy atom. The molecule has 0 N–H and O–H groups in total.